The quantitative estimate of drug-likeness (QED) is 0.932. The summed E-state index contributed by atoms with van der Waals surface area (Å²) in [5.41, 5.74) is 1.31. The van der Waals surface area contributed by atoms with E-state index in [4.69, 9.17) is 4.74 Å². The zero-order valence-corrected chi connectivity index (χ0v) is 13.9. The predicted molar refractivity (Wildman–Crippen MR) is 85.6 cm³/mol. The highest BCUT2D eigenvalue weighted by Gasteiger charge is 2.24. The zero-order valence-electron chi connectivity index (χ0n) is 13.1. The lowest BCUT2D eigenvalue weighted by atomic mass is 9.89. The van der Waals surface area contributed by atoms with Crippen LogP contribution in [0.5, 0.6) is 0 Å². The number of hydrogen-bond donors (Lipinski definition) is 1. The summed E-state index contributed by atoms with van der Waals surface area (Å²) < 4.78 is 5.59. The van der Waals surface area contributed by atoms with E-state index in [1.165, 1.54) is 5.56 Å². The van der Waals surface area contributed by atoms with Crippen LogP contribution in [-0.4, -0.2) is 29.7 Å². The molecule has 0 amide bonds. The van der Waals surface area contributed by atoms with Gasteiger partial charge in [-0.05, 0) is 30.2 Å². The van der Waals surface area contributed by atoms with Gasteiger partial charge in [0.15, 0.2) is 0 Å². The SMILES string of the molecule is COC(CNc1nc(C)nc2scc(C)c12)C(C)(C)C. The van der Waals surface area contributed by atoms with Crippen LogP contribution in [0.25, 0.3) is 10.2 Å². The first kappa shape index (κ1) is 15.2. The summed E-state index contributed by atoms with van der Waals surface area (Å²) >= 11 is 1.67. The second kappa shape index (κ2) is 5.66. The summed E-state index contributed by atoms with van der Waals surface area (Å²) in [6.07, 6.45) is 0.131. The van der Waals surface area contributed by atoms with Crippen molar-refractivity contribution in [2.45, 2.75) is 40.7 Å². The minimum absolute atomic E-state index is 0.0899. The van der Waals surface area contributed by atoms with Crippen molar-refractivity contribution in [2.24, 2.45) is 5.41 Å². The molecule has 0 radical (unpaired) electrons. The standard InChI is InChI=1S/C15H23N3OS/c1-9-8-20-14-12(9)13(17-10(2)18-14)16-7-11(19-6)15(3,4)5/h8,11H,7H2,1-6H3,(H,16,17,18). The fourth-order valence-corrected chi connectivity index (χ4v) is 3.22. The lowest BCUT2D eigenvalue weighted by molar-refractivity contribution is 0.0268. The van der Waals surface area contributed by atoms with Gasteiger partial charge in [0.2, 0.25) is 0 Å². The Labute approximate surface area is 124 Å². The summed E-state index contributed by atoms with van der Waals surface area (Å²) in [5.74, 6) is 1.71. The number of ether oxygens (including phenoxy) is 1. The third-order valence-corrected chi connectivity index (χ3v) is 4.42. The molecule has 0 spiro atoms. The van der Waals surface area contributed by atoms with Crippen LogP contribution in [0.15, 0.2) is 5.38 Å². The summed E-state index contributed by atoms with van der Waals surface area (Å²) in [5, 5.41) is 6.70. The van der Waals surface area contributed by atoms with E-state index in [0.29, 0.717) is 0 Å². The molecule has 1 N–H and O–H groups in total. The maximum atomic E-state index is 5.59. The van der Waals surface area contributed by atoms with Crippen LogP contribution in [0, 0.1) is 19.3 Å². The van der Waals surface area contributed by atoms with Gasteiger partial charge in [-0.3, -0.25) is 0 Å². The molecule has 0 bridgehead atoms. The molecule has 0 aromatic carbocycles. The van der Waals surface area contributed by atoms with Crippen molar-refractivity contribution < 1.29 is 4.74 Å². The first-order valence-corrected chi connectivity index (χ1v) is 7.70. The highest BCUT2D eigenvalue weighted by molar-refractivity contribution is 7.17. The van der Waals surface area contributed by atoms with E-state index >= 15 is 0 Å². The van der Waals surface area contributed by atoms with Gasteiger partial charge in [0, 0.05) is 13.7 Å². The molecule has 4 nitrogen and oxygen atoms in total. The molecular formula is C15H23N3OS. The number of rotatable bonds is 4. The lowest BCUT2D eigenvalue weighted by Gasteiger charge is -2.29. The monoisotopic (exact) mass is 293 g/mol. The molecule has 0 aliphatic carbocycles. The number of aromatic nitrogens is 2. The van der Waals surface area contributed by atoms with E-state index in [-0.39, 0.29) is 11.5 Å². The molecule has 0 saturated heterocycles. The van der Waals surface area contributed by atoms with Crippen LogP contribution < -0.4 is 5.32 Å². The minimum atomic E-state index is 0.0899. The molecule has 0 saturated carbocycles. The Balaban J connectivity index is 2.27. The Morgan fingerprint density at radius 3 is 2.60 bits per heavy atom. The van der Waals surface area contributed by atoms with Crippen molar-refractivity contribution in [1.82, 2.24) is 9.97 Å². The van der Waals surface area contributed by atoms with Crippen LogP contribution in [0.4, 0.5) is 5.82 Å². The van der Waals surface area contributed by atoms with Gasteiger partial charge in [-0.25, -0.2) is 9.97 Å². The van der Waals surface area contributed by atoms with Gasteiger partial charge >= 0.3 is 0 Å². The fraction of sp³-hybridized carbons (Fsp3) is 0.600. The maximum Gasteiger partial charge on any atom is 0.138 e. The topological polar surface area (TPSA) is 47.0 Å². The Kier molecular flexibility index (Phi) is 4.30. The van der Waals surface area contributed by atoms with Crippen molar-refractivity contribution in [1.29, 1.82) is 0 Å². The largest absolute Gasteiger partial charge is 0.379 e. The predicted octanol–water partition coefficient (Wildman–Crippen LogP) is 3.78. The van der Waals surface area contributed by atoms with E-state index in [0.717, 1.165) is 28.4 Å². The van der Waals surface area contributed by atoms with Gasteiger partial charge in [-0.15, -0.1) is 11.3 Å². The van der Waals surface area contributed by atoms with Gasteiger partial charge in [0.25, 0.3) is 0 Å². The van der Waals surface area contributed by atoms with Gasteiger partial charge in [0.1, 0.15) is 16.5 Å². The van der Waals surface area contributed by atoms with E-state index in [1.54, 1.807) is 18.4 Å². The molecule has 0 fully saturated rings. The first-order chi connectivity index (χ1) is 9.32. The highest BCUT2D eigenvalue weighted by atomic mass is 32.1. The average molecular weight is 293 g/mol. The van der Waals surface area contributed by atoms with E-state index < -0.39 is 0 Å². The molecule has 110 valence electrons. The third-order valence-electron chi connectivity index (χ3n) is 3.43. The molecule has 2 aromatic rings. The Morgan fingerprint density at radius 2 is 2.00 bits per heavy atom. The summed E-state index contributed by atoms with van der Waals surface area (Å²) in [7, 11) is 1.76. The average Bonchev–Trinajstić information content (AvgIpc) is 2.69. The summed E-state index contributed by atoms with van der Waals surface area (Å²) in [4.78, 5) is 10.1. The molecule has 2 rings (SSSR count). The number of fused-ring (bicyclic) bond motifs is 1. The third kappa shape index (κ3) is 3.10. The molecule has 0 aliphatic heterocycles. The summed E-state index contributed by atoms with van der Waals surface area (Å²) in [6, 6.07) is 0. The smallest absolute Gasteiger partial charge is 0.138 e. The molecule has 5 heteroatoms. The number of anilines is 1. The zero-order chi connectivity index (χ0) is 14.9. The Bertz CT molecular complexity index is 601. The van der Waals surface area contributed by atoms with Gasteiger partial charge in [0.05, 0.1) is 11.5 Å². The van der Waals surface area contributed by atoms with Crippen molar-refractivity contribution in [3.8, 4) is 0 Å². The number of hydrogen-bond acceptors (Lipinski definition) is 5. The highest BCUT2D eigenvalue weighted by Crippen LogP contribution is 2.30. The number of nitrogens with zero attached hydrogens (tertiary/aromatic N) is 2. The molecule has 2 heterocycles. The second-order valence-electron chi connectivity index (χ2n) is 6.19. The summed E-state index contributed by atoms with van der Waals surface area (Å²) in [6.45, 7) is 11.3. The Morgan fingerprint density at radius 1 is 1.30 bits per heavy atom. The first-order valence-electron chi connectivity index (χ1n) is 6.82. The van der Waals surface area contributed by atoms with Crippen LogP contribution >= 0.6 is 11.3 Å². The fourth-order valence-electron chi connectivity index (χ4n) is 2.25. The van der Waals surface area contributed by atoms with Gasteiger partial charge in [-0.1, -0.05) is 20.8 Å². The van der Waals surface area contributed by atoms with Crippen LogP contribution in [0.1, 0.15) is 32.2 Å². The second-order valence-corrected chi connectivity index (χ2v) is 7.05. The molecule has 20 heavy (non-hydrogen) atoms. The number of thiophene rings is 1. The minimum Gasteiger partial charge on any atom is -0.379 e. The number of aryl methyl sites for hydroxylation is 2. The van der Waals surface area contributed by atoms with Crippen LogP contribution in [-0.2, 0) is 4.74 Å². The van der Waals surface area contributed by atoms with Crippen LogP contribution in [0.3, 0.4) is 0 Å². The van der Waals surface area contributed by atoms with Crippen molar-refractivity contribution >= 4 is 27.4 Å². The molecule has 1 unspecified atom stereocenters. The molecular weight excluding hydrogens is 270 g/mol. The normalized spacial score (nSPS) is 13.7. The lowest BCUT2D eigenvalue weighted by Crippen LogP contribution is -2.35. The maximum absolute atomic E-state index is 5.59. The number of nitrogens with one attached hydrogen (secondary N) is 1. The van der Waals surface area contributed by atoms with Gasteiger partial charge < -0.3 is 10.1 Å². The van der Waals surface area contributed by atoms with Crippen molar-refractivity contribution in [3.05, 3.63) is 16.8 Å². The molecule has 1 atom stereocenters. The Hall–Kier alpha value is -1.20. The van der Waals surface area contributed by atoms with Gasteiger partial charge in [-0.2, -0.15) is 0 Å². The van der Waals surface area contributed by atoms with E-state index in [9.17, 15) is 0 Å². The number of methoxy groups -OCH3 is 1. The molecule has 0 aliphatic rings. The van der Waals surface area contributed by atoms with E-state index in [2.05, 4.69) is 48.4 Å². The van der Waals surface area contributed by atoms with E-state index in [1.807, 2.05) is 6.92 Å². The molecule has 2 aromatic heterocycles. The van der Waals surface area contributed by atoms with Crippen molar-refractivity contribution in [3.63, 3.8) is 0 Å². The van der Waals surface area contributed by atoms with Crippen LogP contribution in [0.2, 0.25) is 0 Å². The van der Waals surface area contributed by atoms with Crippen molar-refractivity contribution in [2.75, 3.05) is 19.0 Å².